The van der Waals surface area contributed by atoms with E-state index in [0.717, 1.165) is 0 Å². The first-order chi connectivity index (χ1) is 4.61. The van der Waals surface area contributed by atoms with E-state index in [0.29, 0.717) is 0 Å². The number of aromatic hydroxyl groups is 1. The number of aromatic nitrogens is 2. The standard InChI is InChI=1S/C4H4BN3O2/c5-1-2(9)7-4(6)8-3(1)10/h(H4,6,7,8,9,10). The fourth-order valence-electron chi connectivity index (χ4n) is 0.487. The van der Waals surface area contributed by atoms with E-state index in [1.54, 1.807) is 0 Å². The van der Waals surface area contributed by atoms with Crippen molar-refractivity contribution in [3.63, 3.8) is 0 Å². The summed E-state index contributed by atoms with van der Waals surface area (Å²) in [4.78, 5) is 16.0. The van der Waals surface area contributed by atoms with Crippen molar-refractivity contribution >= 4 is 19.3 Å². The molecular formula is C4H4BN3O2. The summed E-state index contributed by atoms with van der Waals surface area (Å²) in [6.07, 6.45) is 0. The second-order valence-electron chi connectivity index (χ2n) is 1.69. The second-order valence-corrected chi connectivity index (χ2v) is 1.69. The minimum atomic E-state index is -0.634. The molecule has 2 radical (unpaired) electrons. The van der Waals surface area contributed by atoms with Crippen molar-refractivity contribution in [2.24, 2.45) is 0 Å². The quantitative estimate of drug-likeness (QED) is 0.355. The van der Waals surface area contributed by atoms with Gasteiger partial charge in [-0.15, -0.1) is 0 Å². The van der Waals surface area contributed by atoms with E-state index >= 15 is 0 Å². The summed E-state index contributed by atoms with van der Waals surface area (Å²) in [7, 11) is 5.04. The molecule has 10 heavy (non-hydrogen) atoms. The maximum atomic E-state index is 10.6. The maximum absolute atomic E-state index is 10.6. The van der Waals surface area contributed by atoms with E-state index < -0.39 is 11.4 Å². The monoisotopic (exact) mass is 137 g/mol. The Morgan fingerprint density at radius 2 is 2.30 bits per heavy atom. The van der Waals surface area contributed by atoms with Crippen LogP contribution >= 0.6 is 0 Å². The lowest BCUT2D eigenvalue weighted by Gasteiger charge is -1.96. The lowest BCUT2D eigenvalue weighted by Crippen LogP contribution is -2.29. The molecule has 0 aliphatic carbocycles. The topological polar surface area (TPSA) is 92.0 Å². The van der Waals surface area contributed by atoms with Crippen LogP contribution in [0.5, 0.6) is 5.88 Å². The molecule has 1 aromatic heterocycles. The molecule has 6 heteroatoms. The first-order valence-corrected chi connectivity index (χ1v) is 2.45. The highest BCUT2D eigenvalue weighted by atomic mass is 16.3. The van der Waals surface area contributed by atoms with E-state index in [1.165, 1.54) is 0 Å². The molecule has 0 bridgehead atoms. The Morgan fingerprint density at radius 3 is 2.80 bits per heavy atom. The molecule has 0 fully saturated rings. The highest BCUT2D eigenvalue weighted by Crippen LogP contribution is 1.93. The smallest absolute Gasteiger partial charge is 0.248 e. The van der Waals surface area contributed by atoms with Crippen LogP contribution in [0, 0.1) is 0 Å². The molecule has 0 aliphatic heterocycles. The summed E-state index contributed by atoms with van der Waals surface area (Å²) in [5.74, 6) is -0.696. The van der Waals surface area contributed by atoms with Gasteiger partial charge in [0.1, 0.15) is 7.85 Å². The summed E-state index contributed by atoms with van der Waals surface area (Å²) in [5, 5.41) is 8.74. The van der Waals surface area contributed by atoms with Gasteiger partial charge in [0.2, 0.25) is 17.4 Å². The molecule has 0 amide bonds. The average Bonchev–Trinajstić information content (AvgIpc) is 1.82. The molecule has 0 saturated carbocycles. The SMILES string of the molecule is [B]c1c(O)nc(N)[nH]c1=O. The number of nitrogens with zero attached hydrogens (tertiary/aromatic N) is 1. The van der Waals surface area contributed by atoms with E-state index in [2.05, 4.69) is 9.97 Å². The molecular weight excluding hydrogens is 133 g/mol. The van der Waals surface area contributed by atoms with Crippen molar-refractivity contribution in [1.29, 1.82) is 0 Å². The summed E-state index contributed by atoms with van der Waals surface area (Å²) in [6, 6.07) is 0. The normalized spacial score (nSPS) is 9.60. The zero-order chi connectivity index (χ0) is 7.72. The predicted molar refractivity (Wildman–Crippen MR) is 36.3 cm³/mol. The average molecular weight is 137 g/mol. The summed E-state index contributed by atoms with van der Waals surface area (Å²) in [6.45, 7) is 0. The van der Waals surface area contributed by atoms with Gasteiger partial charge in [0, 0.05) is 5.46 Å². The van der Waals surface area contributed by atoms with Gasteiger partial charge in [0.05, 0.1) is 0 Å². The van der Waals surface area contributed by atoms with Gasteiger partial charge in [-0.2, -0.15) is 4.98 Å². The summed E-state index contributed by atoms with van der Waals surface area (Å²) in [5.41, 5.74) is 4.09. The zero-order valence-electron chi connectivity index (χ0n) is 4.96. The highest BCUT2D eigenvalue weighted by Gasteiger charge is 2.01. The van der Waals surface area contributed by atoms with Crippen LogP contribution < -0.4 is 16.8 Å². The molecule has 4 N–H and O–H groups in total. The second kappa shape index (κ2) is 2.05. The van der Waals surface area contributed by atoms with Crippen molar-refractivity contribution in [2.75, 3.05) is 5.73 Å². The third kappa shape index (κ3) is 0.951. The minimum absolute atomic E-state index is 0.156. The third-order valence-electron chi connectivity index (χ3n) is 0.953. The summed E-state index contributed by atoms with van der Waals surface area (Å²) >= 11 is 0. The molecule has 0 saturated heterocycles. The van der Waals surface area contributed by atoms with Crippen LogP contribution in [-0.2, 0) is 0 Å². The number of aromatic amines is 1. The van der Waals surface area contributed by atoms with E-state index in [1.807, 2.05) is 0 Å². The van der Waals surface area contributed by atoms with Crippen LogP contribution in [0.25, 0.3) is 0 Å². The first kappa shape index (κ1) is 6.66. The van der Waals surface area contributed by atoms with Crippen LogP contribution in [0.2, 0.25) is 0 Å². The van der Waals surface area contributed by atoms with Crippen molar-refractivity contribution in [1.82, 2.24) is 9.97 Å². The van der Waals surface area contributed by atoms with E-state index in [4.69, 9.17) is 18.7 Å². The number of hydrogen-bond donors (Lipinski definition) is 3. The molecule has 0 spiro atoms. The number of anilines is 1. The van der Waals surface area contributed by atoms with Gasteiger partial charge in [-0.3, -0.25) is 9.78 Å². The van der Waals surface area contributed by atoms with Gasteiger partial charge in [-0.05, 0) is 0 Å². The van der Waals surface area contributed by atoms with Crippen LogP contribution in [0.3, 0.4) is 0 Å². The summed E-state index contributed by atoms with van der Waals surface area (Å²) < 4.78 is 0. The Hall–Kier alpha value is -1.46. The number of nitrogens with two attached hydrogens (primary N) is 1. The van der Waals surface area contributed by atoms with E-state index in [9.17, 15) is 4.79 Å². The van der Waals surface area contributed by atoms with Gasteiger partial charge in [-0.1, -0.05) is 0 Å². The molecule has 50 valence electrons. The Morgan fingerprint density at radius 1 is 1.70 bits per heavy atom. The number of nitrogens with one attached hydrogen (secondary N) is 1. The van der Waals surface area contributed by atoms with Gasteiger partial charge in [0.25, 0.3) is 0 Å². The lowest BCUT2D eigenvalue weighted by molar-refractivity contribution is 0.457. The molecule has 0 atom stereocenters. The number of nitrogen functional groups attached to an aromatic ring is 1. The molecule has 1 aromatic rings. The Balaban J connectivity index is 3.46. The first-order valence-electron chi connectivity index (χ1n) is 2.45. The lowest BCUT2D eigenvalue weighted by atomic mass is 10.00. The number of rotatable bonds is 0. The van der Waals surface area contributed by atoms with Gasteiger partial charge < -0.3 is 10.8 Å². The molecule has 0 aromatic carbocycles. The van der Waals surface area contributed by atoms with Crippen molar-refractivity contribution < 1.29 is 5.11 Å². The fraction of sp³-hybridized carbons (Fsp3) is 0. The maximum Gasteiger partial charge on any atom is 0.248 e. The van der Waals surface area contributed by atoms with Crippen molar-refractivity contribution in [2.45, 2.75) is 0 Å². The molecule has 0 unspecified atom stereocenters. The third-order valence-corrected chi connectivity index (χ3v) is 0.953. The zero-order valence-corrected chi connectivity index (χ0v) is 4.96. The molecule has 1 rings (SSSR count). The Bertz CT molecular complexity index is 308. The van der Waals surface area contributed by atoms with Crippen LogP contribution in [0.4, 0.5) is 5.95 Å². The fourth-order valence-corrected chi connectivity index (χ4v) is 0.487. The van der Waals surface area contributed by atoms with E-state index in [-0.39, 0.29) is 11.4 Å². The highest BCUT2D eigenvalue weighted by molar-refractivity contribution is 6.33. The van der Waals surface area contributed by atoms with Crippen LogP contribution in [0.1, 0.15) is 0 Å². The van der Waals surface area contributed by atoms with Gasteiger partial charge in [0.15, 0.2) is 0 Å². The molecule has 1 heterocycles. The largest absolute Gasteiger partial charge is 0.493 e. The minimum Gasteiger partial charge on any atom is -0.493 e. The Kier molecular flexibility index (Phi) is 1.37. The van der Waals surface area contributed by atoms with Crippen LogP contribution in [-0.4, -0.2) is 22.9 Å². The molecule has 5 nitrogen and oxygen atoms in total. The number of H-pyrrole nitrogens is 1. The van der Waals surface area contributed by atoms with Crippen LogP contribution in [0.15, 0.2) is 4.79 Å². The Labute approximate surface area is 57.3 Å². The molecule has 0 aliphatic rings. The number of hydrogen-bond acceptors (Lipinski definition) is 4. The van der Waals surface area contributed by atoms with Crippen molar-refractivity contribution in [3.05, 3.63) is 10.4 Å². The van der Waals surface area contributed by atoms with Crippen molar-refractivity contribution in [3.8, 4) is 5.88 Å². The predicted octanol–water partition coefficient (Wildman–Crippen LogP) is -2.15. The van der Waals surface area contributed by atoms with Gasteiger partial charge in [-0.25, -0.2) is 0 Å². The van der Waals surface area contributed by atoms with Gasteiger partial charge >= 0.3 is 0 Å².